The van der Waals surface area contributed by atoms with Crippen LogP contribution in [0, 0.1) is 5.92 Å². The Kier molecular flexibility index (Phi) is 1.83. The number of alkyl halides is 2. The Balaban J connectivity index is 2.38. The van der Waals surface area contributed by atoms with Crippen LogP contribution in [-0.2, 0) is 4.79 Å². The monoisotopic (exact) mass is 165 g/mol. The van der Waals surface area contributed by atoms with Gasteiger partial charge in [-0.1, -0.05) is 0 Å². The Hall–Kier alpha value is -0.710. The average molecular weight is 165 g/mol. The first-order chi connectivity index (χ1) is 4.92. The number of carbonyl (C=O) groups is 1. The Bertz CT molecular complexity index is 175. The second-order valence-electron chi connectivity index (χ2n) is 2.87. The van der Waals surface area contributed by atoms with E-state index in [2.05, 4.69) is 0 Å². The number of amides is 1. The summed E-state index contributed by atoms with van der Waals surface area (Å²) in [5.41, 5.74) is 4.70. The molecule has 1 rings (SSSR count). The molecule has 1 aliphatic rings. The lowest BCUT2D eigenvalue weighted by Crippen LogP contribution is -2.47. The molecule has 64 valence electrons. The molecule has 0 spiro atoms. The van der Waals surface area contributed by atoms with Crippen molar-refractivity contribution in [3.63, 3.8) is 0 Å². The third-order valence-electron chi connectivity index (χ3n) is 1.86. The quantitative estimate of drug-likeness (QED) is 0.599. The molecule has 0 saturated heterocycles. The first-order valence-electron chi connectivity index (χ1n) is 3.27. The molecule has 5 heteroatoms. The van der Waals surface area contributed by atoms with Crippen molar-refractivity contribution in [1.82, 2.24) is 0 Å². The van der Waals surface area contributed by atoms with Gasteiger partial charge in [-0.3, -0.25) is 4.79 Å². The summed E-state index contributed by atoms with van der Waals surface area (Å²) in [5, 5.41) is 8.87. The largest absolute Gasteiger partial charge is 0.383 e. The molecule has 0 radical (unpaired) electrons. The first-order valence-corrected chi connectivity index (χ1v) is 3.27. The topological polar surface area (TPSA) is 63.3 Å². The average Bonchev–Trinajstić information content (AvgIpc) is 1.80. The van der Waals surface area contributed by atoms with Crippen LogP contribution in [-0.4, -0.2) is 23.0 Å². The minimum absolute atomic E-state index is 0.433. The maximum absolute atomic E-state index is 12.1. The molecule has 0 aromatic rings. The van der Waals surface area contributed by atoms with Crippen molar-refractivity contribution in [2.45, 2.75) is 24.9 Å². The molecule has 1 fully saturated rings. The number of rotatable bonds is 2. The highest BCUT2D eigenvalue weighted by Crippen LogP contribution is 2.43. The van der Waals surface area contributed by atoms with Gasteiger partial charge in [0.2, 0.25) is 11.8 Å². The van der Waals surface area contributed by atoms with Gasteiger partial charge in [-0.2, -0.15) is 0 Å². The fraction of sp³-hybridized carbons (Fsp3) is 0.833. The minimum Gasteiger partial charge on any atom is -0.383 e. The molecule has 1 unspecified atom stereocenters. The number of hydrogen-bond donors (Lipinski definition) is 2. The molecule has 1 saturated carbocycles. The van der Waals surface area contributed by atoms with Gasteiger partial charge in [-0.25, -0.2) is 8.78 Å². The van der Waals surface area contributed by atoms with Gasteiger partial charge in [-0.05, 0) is 0 Å². The lowest BCUT2D eigenvalue weighted by molar-refractivity contribution is -0.155. The zero-order chi connectivity index (χ0) is 8.65. The van der Waals surface area contributed by atoms with Crippen LogP contribution in [0.5, 0.6) is 0 Å². The van der Waals surface area contributed by atoms with Crippen LogP contribution >= 0.6 is 0 Å². The van der Waals surface area contributed by atoms with E-state index in [9.17, 15) is 13.6 Å². The van der Waals surface area contributed by atoms with Gasteiger partial charge in [0.25, 0.3) is 0 Å². The van der Waals surface area contributed by atoms with Crippen LogP contribution in [0.4, 0.5) is 8.78 Å². The number of nitrogens with two attached hydrogens (primary N) is 1. The minimum atomic E-state index is -2.71. The Labute approximate surface area is 62.2 Å². The van der Waals surface area contributed by atoms with Crippen LogP contribution in [0.25, 0.3) is 0 Å². The predicted molar refractivity (Wildman–Crippen MR) is 32.9 cm³/mol. The third kappa shape index (κ3) is 1.65. The summed E-state index contributed by atoms with van der Waals surface area (Å²) >= 11 is 0. The SMILES string of the molecule is NC(=O)C(O)C1CC(F)(F)C1. The van der Waals surface area contributed by atoms with E-state index in [1.807, 2.05) is 0 Å². The van der Waals surface area contributed by atoms with Crippen molar-refractivity contribution in [3.05, 3.63) is 0 Å². The van der Waals surface area contributed by atoms with Crippen LogP contribution in [0.15, 0.2) is 0 Å². The molecule has 0 aromatic heterocycles. The molecule has 0 bridgehead atoms. The van der Waals surface area contributed by atoms with E-state index in [1.54, 1.807) is 0 Å². The second kappa shape index (κ2) is 2.41. The van der Waals surface area contributed by atoms with Crippen LogP contribution in [0.1, 0.15) is 12.8 Å². The van der Waals surface area contributed by atoms with Crippen molar-refractivity contribution in [2.75, 3.05) is 0 Å². The normalized spacial score (nSPS) is 25.7. The van der Waals surface area contributed by atoms with Crippen LogP contribution in [0.2, 0.25) is 0 Å². The number of halogens is 2. The fourth-order valence-electron chi connectivity index (χ4n) is 1.16. The van der Waals surface area contributed by atoms with E-state index in [0.29, 0.717) is 0 Å². The van der Waals surface area contributed by atoms with Gasteiger partial charge in [-0.15, -0.1) is 0 Å². The number of primary amides is 1. The van der Waals surface area contributed by atoms with E-state index < -0.39 is 36.7 Å². The van der Waals surface area contributed by atoms with Gasteiger partial charge >= 0.3 is 0 Å². The van der Waals surface area contributed by atoms with Crippen molar-refractivity contribution < 1.29 is 18.7 Å². The Morgan fingerprint density at radius 2 is 2.09 bits per heavy atom. The summed E-state index contributed by atoms with van der Waals surface area (Å²) in [6.07, 6.45) is -2.27. The summed E-state index contributed by atoms with van der Waals surface area (Å²) < 4.78 is 24.3. The van der Waals surface area contributed by atoms with Crippen molar-refractivity contribution in [1.29, 1.82) is 0 Å². The first kappa shape index (κ1) is 8.39. The van der Waals surface area contributed by atoms with Crippen LogP contribution in [0.3, 0.4) is 0 Å². The van der Waals surface area contributed by atoms with E-state index in [1.165, 1.54) is 0 Å². The standard InChI is InChI=1S/C6H9F2NO2/c7-6(8)1-3(2-6)4(10)5(9)11/h3-4,10H,1-2H2,(H2,9,11). The van der Waals surface area contributed by atoms with Crippen molar-refractivity contribution >= 4 is 5.91 Å². The molecule has 1 aliphatic carbocycles. The van der Waals surface area contributed by atoms with E-state index >= 15 is 0 Å². The number of aliphatic hydroxyl groups excluding tert-OH is 1. The Morgan fingerprint density at radius 1 is 1.64 bits per heavy atom. The summed E-state index contributed by atoms with van der Waals surface area (Å²) in [5.74, 6) is -4.28. The zero-order valence-electron chi connectivity index (χ0n) is 5.76. The maximum atomic E-state index is 12.1. The van der Waals surface area contributed by atoms with Gasteiger partial charge in [0.1, 0.15) is 6.10 Å². The lowest BCUT2D eigenvalue weighted by atomic mass is 9.77. The number of carbonyl (C=O) groups excluding carboxylic acids is 1. The molecule has 0 heterocycles. The summed E-state index contributed by atoms with van der Waals surface area (Å²) in [7, 11) is 0. The van der Waals surface area contributed by atoms with Crippen molar-refractivity contribution in [2.24, 2.45) is 11.7 Å². The number of hydrogen-bond acceptors (Lipinski definition) is 2. The summed E-state index contributed by atoms with van der Waals surface area (Å²) in [4.78, 5) is 10.3. The third-order valence-corrected chi connectivity index (χ3v) is 1.86. The molecule has 3 nitrogen and oxygen atoms in total. The molecule has 11 heavy (non-hydrogen) atoms. The summed E-state index contributed by atoms with van der Waals surface area (Å²) in [6, 6.07) is 0. The van der Waals surface area contributed by atoms with Gasteiger partial charge in [0.15, 0.2) is 0 Å². The second-order valence-corrected chi connectivity index (χ2v) is 2.87. The highest BCUT2D eigenvalue weighted by atomic mass is 19.3. The van der Waals surface area contributed by atoms with E-state index in [4.69, 9.17) is 10.8 Å². The van der Waals surface area contributed by atoms with Gasteiger partial charge in [0.05, 0.1) is 0 Å². The zero-order valence-corrected chi connectivity index (χ0v) is 5.76. The maximum Gasteiger partial charge on any atom is 0.248 e. The van der Waals surface area contributed by atoms with Crippen LogP contribution < -0.4 is 5.73 Å². The molecule has 1 atom stereocenters. The highest BCUT2D eigenvalue weighted by Gasteiger charge is 2.49. The molecule has 0 aliphatic heterocycles. The molecular weight excluding hydrogens is 156 g/mol. The highest BCUT2D eigenvalue weighted by molar-refractivity contribution is 5.79. The van der Waals surface area contributed by atoms with E-state index in [-0.39, 0.29) is 0 Å². The molecule has 0 aromatic carbocycles. The molecule has 3 N–H and O–H groups in total. The lowest BCUT2D eigenvalue weighted by Gasteiger charge is -2.36. The van der Waals surface area contributed by atoms with Gasteiger partial charge in [0, 0.05) is 18.8 Å². The Morgan fingerprint density at radius 3 is 2.36 bits per heavy atom. The van der Waals surface area contributed by atoms with E-state index in [0.717, 1.165) is 0 Å². The number of aliphatic hydroxyl groups is 1. The van der Waals surface area contributed by atoms with Gasteiger partial charge < -0.3 is 10.8 Å². The molecule has 1 amide bonds. The fourth-order valence-corrected chi connectivity index (χ4v) is 1.16. The smallest absolute Gasteiger partial charge is 0.248 e. The molecular formula is C6H9F2NO2. The summed E-state index contributed by atoms with van der Waals surface area (Å²) in [6.45, 7) is 0. The predicted octanol–water partition coefficient (Wildman–Crippen LogP) is -0.122. The van der Waals surface area contributed by atoms with Crippen molar-refractivity contribution in [3.8, 4) is 0 Å².